The largest absolute Gasteiger partial charge is 0.314 e. The second-order valence-corrected chi connectivity index (χ2v) is 5.64. The molecule has 3 heteroatoms. The number of nitrogens with zero attached hydrogens (tertiary/aromatic N) is 2. The van der Waals surface area contributed by atoms with Crippen molar-refractivity contribution in [2.45, 2.75) is 32.2 Å². The molecular weight excluding hydrogens is 198 g/mol. The quantitative estimate of drug-likeness (QED) is 0.773. The summed E-state index contributed by atoms with van der Waals surface area (Å²) in [4.78, 5) is 5.16. The van der Waals surface area contributed by atoms with Gasteiger partial charge in [0.15, 0.2) is 0 Å². The molecule has 2 heterocycles. The van der Waals surface area contributed by atoms with Crippen molar-refractivity contribution in [3.8, 4) is 0 Å². The summed E-state index contributed by atoms with van der Waals surface area (Å²) in [7, 11) is 2.27. The summed E-state index contributed by atoms with van der Waals surface area (Å²) in [5, 5.41) is 3.43. The number of rotatable bonds is 3. The van der Waals surface area contributed by atoms with Crippen LogP contribution in [-0.4, -0.2) is 62.2 Å². The molecule has 2 aliphatic heterocycles. The maximum atomic E-state index is 3.43. The highest BCUT2D eigenvalue weighted by molar-refractivity contribution is 4.79. The Morgan fingerprint density at radius 1 is 1.25 bits per heavy atom. The molecule has 0 bridgehead atoms. The summed E-state index contributed by atoms with van der Waals surface area (Å²) in [6.07, 6.45) is 4.24. The third-order valence-electron chi connectivity index (χ3n) is 4.17. The van der Waals surface area contributed by atoms with Crippen LogP contribution in [0.3, 0.4) is 0 Å². The Morgan fingerprint density at radius 2 is 2.00 bits per heavy atom. The Balaban J connectivity index is 1.74. The molecule has 3 nitrogen and oxygen atoms in total. The van der Waals surface area contributed by atoms with E-state index in [0.717, 1.165) is 12.0 Å². The summed E-state index contributed by atoms with van der Waals surface area (Å²) < 4.78 is 0. The van der Waals surface area contributed by atoms with E-state index in [2.05, 4.69) is 29.1 Å². The van der Waals surface area contributed by atoms with Crippen molar-refractivity contribution in [3.05, 3.63) is 0 Å². The van der Waals surface area contributed by atoms with Gasteiger partial charge in [0.05, 0.1) is 0 Å². The van der Waals surface area contributed by atoms with E-state index in [0.29, 0.717) is 0 Å². The molecule has 94 valence electrons. The first-order chi connectivity index (χ1) is 7.75. The zero-order valence-corrected chi connectivity index (χ0v) is 10.9. The molecule has 0 spiro atoms. The Hall–Kier alpha value is -0.120. The first-order valence-corrected chi connectivity index (χ1v) is 6.89. The molecule has 16 heavy (non-hydrogen) atoms. The van der Waals surface area contributed by atoms with Gasteiger partial charge >= 0.3 is 0 Å². The van der Waals surface area contributed by atoms with Gasteiger partial charge in [-0.15, -0.1) is 0 Å². The van der Waals surface area contributed by atoms with Crippen molar-refractivity contribution < 1.29 is 0 Å². The van der Waals surface area contributed by atoms with Crippen LogP contribution in [0.4, 0.5) is 0 Å². The second-order valence-electron chi connectivity index (χ2n) is 5.64. The Morgan fingerprint density at radius 3 is 2.69 bits per heavy atom. The van der Waals surface area contributed by atoms with E-state index in [4.69, 9.17) is 0 Å². The Kier molecular flexibility index (Phi) is 4.62. The molecule has 1 N–H and O–H groups in total. The average Bonchev–Trinajstić information content (AvgIpc) is 2.30. The third kappa shape index (κ3) is 3.44. The lowest BCUT2D eigenvalue weighted by Gasteiger charge is -2.37. The highest BCUT2D eigenvalue weighted by Gasteiger charge is 2.23. The van der Waals surface area contributed by atoms with Gasteiger partial charge in [0.2, 0.25) is 0 Å². The molecule has 0 amide bonds. The van der Waals surface area contributed by atoms with E-state index < -0.39 is 0 Å². The molecule has 0 saturated carbocycles. The van der Waals surface area contributed by atoms with Gasteiger partial charge < -0.3 is 10.2 Å². The zero-order valence-electron chi connectivity index (χ0n) is 10.9. The Bertz CT molecular complexity index is 201. The highest BCUT2D eigenvalue weighted by Crippen LogP contribution is 2.22. The van der Waals surface area contributed by atoms with Gasteiger partial charge in [-0.3, -0.25) is 4.90 Å². The van der Waals surface area contributed by atoms with Crippen LogP contribution in [0.25, 0.3) is 0 Å². The van der Waals surface area contributed by atoms with E-state index in [9.17, 15) is 0 Å². The average molecular weight is 225 g/mol. The molecular formula is C13H27N3. The molecule has 0 aliphatic carbocycles. The summed E-state index contributed by atoms with van der Waals surface area (Å²) in [6.45, 7) is 9.87. The second kappa shape index (κ2) is 5.99. The van der Waals surface area contributed by atoms with Gasteiger partial charge in [-0.1, -0.05) is 0 Å². The SMILES string of the molecule is CC(CC1CCCN(C)C1)N1CCNCC1. The molecule has 0 radical (unpaired) electrons. The Labute approximate surface area is 100 Å². The number of nitrogens with one attached hydrogen (secondary N) is 1. The first-order valence-electron chi connectivity index (χ1n) is 6.89. The normalized spacial score (nSPS) is 31.5. The standard InChI is InChI=1S/C13H27N3/c1-12(16-8-5-14-6-9-16)10-13-4-3-7-15(2)11-13/h12-14H,3-11H2,1-2H3. The minimum Gasteiger partial charge on any atom is -0.314 e. The van der Waals surface area contributed by atoms with Crippen LogP contribution in [0.1, 0.15) is 26.2 Å². The van der Waals surface area contributed by atoms with Crippen molar-refractivity contribution in [3.63, 3.8) is 0 Å². The van der Waals surface area contributed by atoms with Crippen LogP contribution in [0.2, 0.25) is 0 Å². The molecule has 2 atom stereocenters. The summed E-state index contributed by atoms with van der Waals surface area (Å²) in [5.74, 6) is 0.934. The maximum Gasteiger partial charge on any atom is 0.0110 e. The van der Waals surface area contributed by atoms with Crippen LogP contribution in [-0.2, 0) is 0 Å². The van der Waals surface area contributed by atoms with Crippen molar-refractivity contribution in [2.24, 2.45) is 5.92 Å². The fourth-order valence-electron chi connectivity index (χ4n) is 3.22. The number of piperazine rings is 1. The molecule has 2 unspecified atom stereocenters. The molecule has 0 aromatic carbocycles. The molecule has 2 aliphatic rings. The van der Waals surface area contributed by atoms with E-state index in [1.165, 1.54) is 58.5 Å². The number of hydrogen-bond acceptors (Lipinski definition) is 3. The van der Waals surface area contributed by atoms with Crippen molar-refractivity contribution in [1.29, 1.82) is 0 Å². The van der Waals surface area contributed by atoms with E-state index in [-0.39, 0.29) is 0 Å². The topological polar surface area (TPSA) is 18.5 Å². The van der Waals surface area contributed by atoms with E-state index >= 15 is 0 Å². The predicted octanol–water partition coefficient (Wildman–Crippen LogP) is 1.01. The lowest BCUT2D eigenvalue weighted by atomic mass is 9.91. The number of hydrogen-bond donors (Lipinski definition) is 1. The minimum atomic E-state index is 0.776. The van der Waals surface area contributed by atoms with Crippen LogP contribution >= 0.6 is 0 Å². The third-order valence-corrected chi connectivity index (χ3v) is 4.17. The van der Waals surface area contributed by atoms with Crippen molar-refractivity contribution in [2.75, 3.05) is 46.3 Å². The van der Waals surface area contributed by atoms with Crippen molar-refractivity contribution in [1.82, 2.24) is 15.1 Å². The van der Waals surface area contributed by atoms with Gasteiger partial charge in [-0.2, -0.15) is 0 Å². The van der Waals surface area contributed by atoms with Gasteiger partial charge in [-0.25, -0.2) is 0 Å². The van der Waals surface area contributed by atoms with Crippen LogP contribution in [0.15, 0.2) is 0 Å². The van der Waals surface area contributed by atoms with Crippen LogP contribution in [0.5, 0.6) is 0 Å². The van der Waals surface area contributed by atoms with Crippen LogP contribution < -0.4 is 5.32 Å². The van der Waals surface area contributed by atoms with Crippen LogP contribution in [0, 0.1) is 5.92 Å². The van der Waals surface area contributed by atoms with Gasteiger partial charge in [-0.05, 0) is 45.7 Å². The molecule has 0 aromatic heterocycles. The predicted molar refractivity (Wildman–Crippen MR) is 68.7 cm³/mol. The fourth-order valence-corrected chi connectivity index (χ4v) is 3.22. The lowest BCUT2D eigenvalue weighted by molar-refractivity contribution is 0.129. The monoisotopic (exact) mass is 225 g/mol. The van der Waals surface area contributed by atoms with Gasteiger partial charge in [0.25, 0.3) is 0 Å². The smallest absolute Gasteiger partial charge is 0.0110 e. The van der Waals surface area contributed by atoms with Gasteiger partial charge in [0, 0.05) is 38.8 Å². The maximum absolute atomic E-state index is 3.43. The molecule has 2 fully saturated rings. The molecule has 2 saturated heterocycles. The van der Waals surface area contributed by atoms with E-state index in [1.54, 1.807) is 0 Å². The molecule has 0 aromatic rings. The summed E-state index contributed by atoms with van der Waals surface area (Å²) in [5.41, 5.74) is 0. The minimum absolute atomic E-state index is 0.776. The number of likely N-dealkylation sites (tertiary alicyclic amines) is 1. The summed E-state index contributed by atoms with van der Waals surface area (Å²) >= 11 is 0. The lowest BCUT2D eigenvalue weighted by Crippen LogP contribution is -2.48. The summed E-state index contributed by atoms with van der Waals surface area (Å²) in [6, 6.07) is 0.776. The zero-order chi connectivity index (χ0) is 11.4. The van der Waals surface area contributed by atoms with E-state index in [1.807, 2.05) is 0 Å². The fraction of sp³-hybridized carbons (Fsp3) is 1.00. The first kappa shape index (κ1) is 12.3. The van der Waals surface area contributed by atoms with Crippen molar-refractivity contribution >= 4 is 0 Å². The van der Waals surface area contributed by atoms with Gasteiger partial charge in [0.1, 0.15) is 0 Å². The highest BCUT2D eigenvalue weighted by atomic mass is 15.2. The molecule has 2 rings (SSSR count). The number of piperidine rings is 1.